The second-order valence-electron chi connectivity index (χ2n) is 3.77. The third-order valence-electron chi connectivity index (χ3n) is 2.25. The topological polar surface area (TPSA) is 55.5 Å². The summed E-state index contributed by atoms with van der Waals surface area (Å²) < 4.78 is 5.45. The Kier molecular flexibility index (Phi) is 5.60. The van der Waals surface area contributed by atoms with E-state index >= 15 is 0 Å². The van der Waals surface area contributed by atoms with E-state index in [-0.39, 0.29) is 12.7 Å². The molecule has 0 aromatic heterocycles. The highest BCUT2D eigenvalue weighted by molar-refractivity contribution is 6.32. The second-order valence-corrected chi connectivity index (χ2v) is 4.18. The van der Waals surface area contributed by atoms with E-state index in [9.17, 15) is 0 Å². The molecule has 0 amide bonds. The predicted molar refractivity (Wildman–Crippen MR) is 66.0 cm³/mol. The van der Waals surface area contributed by atoms with Crippen molar-refractivity contribution in [1.29, 1.82) is 0 Å². The van der Waals surface area contributed by atoms with E-state index in [1.807, 2.05) is 18.2 Å². The molecule has 0 fully saturated rings. The van der Waals surface area contributed by atoms with Crippen molar-refractivity contribution in [2.45, 2.75) is 25.9 Å². The first kappa shape index (κ1) is 13.3. The first-order chi connectivity index (χ1) is 7.67. The van der Waals surface area contributed by atoms with Gasteiger partial charge in [0.25, 0.3) is 0 Å². The molecule has 1 atom stereocenters. The van der Waals surface area contributed by atoms with Crippen LogP contribution in [-0.4, -0.2) is 24.4 Å². The number of rotatable bonds is 6. The Hall–Kier alpha value is -0.770. The Morgan fingerprint density at radius 2 is 2.25 bits per heavy atom. The summed E-state index contributed by atoms with van der Waals surface area (Å²) in [4.78, 5) is 0. The molecule has 1 aromatic carbocycles. The molecule has 3 nitrogen and oxygen atoms in total. The van der Waals surface area contributed by atoms with Crippen LogP contribution in [0.15, 0.2) is 18.2 Å². The molecule has 0 spiro atoms. The largest absolute Gasteiger partial charge is 0.487 e. The SMILES string of the molecule is CC(CO)Oc1ccc(CCCN)cc1Cl. The fourth-order valence-electron chi connectivity index (χ4n) is 1.36. The molecule has 1 aromatic rings. The minimum Gasteiger partial charge on any atom is -0.487 e. The summed E-state index contributed by atoms with van der Waals surface area (Å²) in [5.74, 6) is 0.611. The minimum atomic E-state index is -0.243. The summed E-state index contributed by atoms with van der Waals surface area (Å²) in [6.45, 7) is 2.45. The van der Waals surface area contributed by atoms with Gasteiger partial charge in [-0.25, -0.2) is 0 Å². The second kappa shape index (κ2) is 6.74. The van der Waals surface area contributed by atoms with Crippen molar-refractivity contribution in [2.75, 3.05) is 13.2 Å². The van der Waals surface area contributed by atoms with Gasteiger partial charge < -0.3 is 15.6 Å². The Labute approximate surface area is 101 Å². The van der Waals surface area contributed by atoms with Gasteiger partial charge in [0.05, 0.1) is 11.6 Å². The molecule has 0 aliphatic heterocycles. The van der Waals surface area contributed by atoms with Crippen LogP contribution in [0.5, 0.6) is 5.75 Å². The van der Waals surface area contributed by atoms with Crippen molar-refractivity contribution in [1.82, 2.24) is 0 Å². The number of aliphatic hydroxyl groups is 1. The number of aliphatic hydroxyl groups excluding tert-OH is 1. The van der Waals surface area contributed by atoms with Gasteiger partial charge >= 0.3 is 0 Å². The van der Waals surface area contributed by atoms with Gasteiger partial charge in [-0.1, -0.05) is 17.7 Å². The van der Waals surface area contributed by atoms with Gasteiger partial charge in [-0.2, -0.15) is 0 Å². The molecule has 0 saturated carbocycles. The Morgan fingerprint density at radius 3 is 2.81 bits per heavy atom. The third-order valence-corrected chi connectivity index (χ3v) is 2.55. The van der Waals surface area contributed by atoms with E-state index in [0.717, 1.165) is 18.4 Å². The Balaban J connectivity index is 2.67. The summed E-state index contributed by atoms with van der Waals surface area (Å²) in [7, 11) is 0. The lowest BCUT2D eigenvalue weighted by atomic mass is 10.1. The molecule has 0 saturated heterocycles. The molecule has 1 unspecified atom stereocenters. The number of halogens is 1. The zero-order chi connectivity index (χ0) is 12.0. The normalized spacial score (nSPS) is 12.5. The molecular weight excluding hydrogens is 226 g/mol. The van der Waals surface area contributed by atoms with Gasteiger partial charge in [0.15, 0.2) is 0 Å². The minimum absolute atomic E-state index is 0.0226. The average molecular weight is 244 g/mol. The van der Waals surface area contributed by atoms with Crippen molar-refractivity contribution >= 4 is 11.6 Å². The van der Waals surface area contributed by atoms with Crippen LogP contribution in [-0.2, 0) is 6.42 Å². The van der Waals surface area contributed by atoms with Crippen LogP contribution in [0.4, 0.5) is 0 Å². The Morgan fingerprint density at radius 1 is 1.50 bits per heavy atom. The molecule has 90 valence electrons. The van der Waals surface area contributed by atoms with E-state index in [0.29, 0.717) is 17.3 Å². The summed E-state index contributed by atoms with van der Waals surface area (Å²) in [6.07, 6.45) is 1.63. The van der Waals surface area contributed by atoms with Gasteiger partial charge in [-0.05, 0) is 44.0 Å². The molecule has 0 radical (unpaired) electrons. The summed E-state index contributed by atoms with van der Waals surface area (Å²) in [5.41, 5.74) is 6.60. The number of benzene rings is 1. The van der Waals surface area contributed by atoms with Crippen molar-refractivity contribution in [3.8, 4) is 5.75 Å². The number of aryl methyl sites for hydroxylation is 1. The maximum Gasteiger partial charge on any atom is 0.138 e. The van der Waals surface area contributed by atoms with Crippen molar-refractivity contribution < 1.29 is 9.84 Å². The molecule has 0 aliphatic carbocycles. The highest BCUT2D eigenvalue weighted by atomic mass is 35.5. The highest BCUT2D eigenvalue weighted by Gasteiger charge is 2.07. The fourth-order valence-corrected chi connectivity index (χ4v) is 1.60. The van der Waals surface area contributed by atoms with Gasteiger partial charge in [-0.15, -0.1) is 0 Å². The molecule has 4 heteroatoms. The van der Waals surface area contributed by atoms with Crippen LogP contribution in [0.3, 0.4) is 0 Å². The quantitative estimate of drug-likeness (QED) is 0.804. The van der Waals surface area contributed by atoms with Gasteiger partial charge in [0.1, 0.15) is 11.9 Å². The molecule has 0 bridgehead atoms. The lowest BCUT2D eigenvalue weighted by Gasteiger charge is -2.13. The van der Waals surface area contributed by atoms with Crippen molar-refractivity contribution in [2.24, 2.45) is 5.73 Å². The molecular formula is C12H18ClNO2. The molecule has 0 aliphatic rings. The predicted octanol–water partition coefficient (Wildman–Crippen LogP) is 1.99. The van der Waals surface area contributed by atoms with E-state index in [1.54, 1.807) is 6.92 Å². The van der Waals surface area contributed by atoms with Crippen molar-refractivity contribution in [3.05, 3.63) is 28.8 Å². The standard InChI is InChI=1S/C12H18ClNO2/c1-9(8-15)16-12-5-4-10(3-2-6-14)7-11(12)13/h4-5,7,9,15H,2-3,6,8,14H2,1H3. The summed E-state index contributed by atoms with van der Waals surface area (Å²) in [5, 5.41) is 9.45. The summed E-state index contributed by atoms with van der Waals surface area (Å²) in [6, 6.07) is 5.69. The van der Waals surface area contributed by atoms with Gasteiger partial charge in [0.2, 0.25) is 0 Å². The van der Waals surface area contributed by atoms with Crippen LogP contribution in [0.2, 0.25) is 5.02 Å². The molecule has 3 N–H and O–H groups in total. The van der Waals surface area contributed by atoms with E-state index < -0.39 is 0 Å². The zero-order valence-corrected chi connectivity index (χ0v) is 10.2. The van der Waals surface area contributed by atoms with E-state index in [1.165, 1.54) is 0 Å². The number of ether oxygens (including phenoxy) is 1. The number of hydrogen-bond donors (Lipinski definition) is 2. The highest BCUT2D eigenvalue weighted by Crippen LogP contribution is 2.26. The maximum absolute atomic E-state index is 8.88. The number of nitrogens with two attached hydrogens (primary N) is 1. The smallest absolute Gasteiger partial charge is 0.138 e. The third kappa shape index (κ3) is 4.00. The molecule has 0 heterocycles. The Bertz CT molecular complexity index is 331. The van der Waals surface area contributed by atoms with Crippen LogP contribution in [0.1, 0.15) is 18.9 Å². The van der Waals surface area contributed by atoms with Crippen LogP contribution >= 0.6 is 11.6 Å². The van der Waals surface area contributed by atoms with Crippen LogP contribution < -0.4 is 10.5 Å². The monoisotopic (exact) mass is 243 g/mol. The van der Waals surface area contributed by atoms with Crippen molar-refractivity contribution in [3.63, 3.8) is 0 Å². The van der Waals surface area contributed by atoms with Crippen LogP contribution in [0, 0.1) is 0 Å². The number of hydrogen-bond acceptors (Lipinski definition) is 3. The molecule has 1 rings (SSSR count). The lowest BCUT2D eigenvalue weighted by Crippen LogP contribution is -2.16. The summed E-state index contributed by atoms with van der Waals surface area (Å²) >= 11 is 6.07. The van der Waals surface area contributed by atoms with E-state index in [2.05, 4.69) is 0 Å². The molecule has 16 heavy (non-hydrogen) atoms. The first-order valence-corrected chi connectivity index (χ1v) is 5.81. The van der Waals surface area contributed by atoms with E-state index in [4.69, 9.17) is 27.2 Å². The van der Waals surface area contributed by atoms with Crippen LogP contribution in [0.25, 0.3) is 0 Å². The maximum atomic E-state index is 8.88. The first-order valence-electron chi connectivity index (χ1n) is 5.43. The zero-order valence-electron chi connectivity index (χ0n) is 9.45. The van der Waals surface area contributed by atoms with Gasteiger partial charge in [0, 0.05) is 0 Å². The van der Waals surface area contributed by atoms with Gasteiger partial charge in [-0.3, -0.25) is 0 Å². The fraction of sp³-hybridized carbons (Fsp3) is 0.500. The average Bonchev–Trinajstić information content (AvgIpc) is 2.29. The lowest BCUT2D eigenvalue weighted by molar-refractivity contribution is 0.130.